The van der Waals surface area contributed by atoms with Crippen molar-refractivity contribution in [2.45, 2.75) is 6.42 Å². The molecule has 0 saturated heterocycles. The highest BCUT2D eigenvalue weighted by molar-refractivity contribution is 7.98. The highest BCUT2D eigenvalue weighted by Crippen LogP contribution is 2.17. The van der Waals surface area contributed by atoms with Crippen LogP contribution in [0.1, 0.15) is 12.0 Å². The van der Waals surface area contributed by atoms with E-state index >= 15 is 0 Å². The van der Waals surface area contributed by atoms with E-state index < -0.39 is 0 Å². The summed E-state index contributed by atoms with van der Waals surface area (Å²) in [7, 11) is 0. The van der Waals surface area contributed by atoms with Crippen LogP contribution in [0, 0.1) is 5.82 Å². The van der Waals surface area contributed by atoms with Gasteiger partial charge in [0.05, 0.1) is 0 Å². The second-order valence-electron chi connectivity index (χ2n) is 3.33. The summed E-state index contributed by atoms with van der Waals surface area (Å²) < 4.78 is 13.0. The first-order valence-corrected chi connectivity index (χ1v) is 6.77. The summed E-state index contributed by atoms with van der Waals surface area (Å²) in [6.45, 7) is 0.835. The van der Waals surface area contributed by atoms with E-state index in [1.54, 1.807) is 17.8 Å². The molecule has 0 aliphatic heterocycles. The molecule has 3 N–H and O–H groups in total. The Balaban J connectivity index is 2.67. The van der Waals surface area contributed by atoms with Crippen LogP contribution in [0.2, 0.25) is 0 Å². The average molecular weight is 258 g/mol. The molecule has 1 aromatic carbocycles. The standard InChI is InChI=1S/C11H15FN2S2/c1-16-6-2-5-14-10-4-3-8(12)7-9(10)11(13)15/h3-4,7,14H,2,5-6H2,1H3,(H2,13,15). The Hall–Kier alpha value is -0.810. The molecule has 1 aromatic rings. The van der Waals surface area contributed by atoms with Crippen LogP contribution in [0.5, 0.6) is 0 Å². The van der Waals surface area contributed by atoms with Crippen LogP contribution < -0.4 is 11.1 Å². The monoisotopic (exact) mass is 258 g/mol. The quantitative estimate of drug-likeness (QED) is 0.607. The van der Waals surface area contributed by atoms with Crippen molar-refractivity contribution >= 4 is 34.7 Å². The fourth-order valence-corrected chi connectivity index (χ4v) is 1.92. The number of nitrogens with one attached hydrogen (secondary N) is 1. The van der Waals surface area contributed by atoms with Crippen LogP contribution in [-0.2, 0) is 0 Å². The van der Waals surface area contributed by atoms with Crippen LogP contribution in [0.3, 0.4) is 0 Å². The molecule has 2 nitrogen and oxygen atoms in total. The maximum Gasteiger partial charge on any atom is 0.124 e. The van der Waals surface area contributed by atoms with Crippen molar-refractivity contribution in [1.82, 2.24) is 0 Å². The van der Waals surface area contributed by atoms with Crippen molar-refractivity contribution in [2.75, 3.05) is 23.9 Å². The van der Waals surface area contributed by atoms with E-state index in [9.17, 15) is 4.39 Å². The molecule has 0 fully saturated rings. The summed E-state index contributed by atoms with van der Waals surface area (Å²) in [4.78, 5) is 0.215. The molecule has 5 heteroatoms. The minimum Gasteiger partial charge on any atom is -0.389 e. The van der Waals surface area contributed by atoms with Gasteiger partial charge in [-0.3, -0.25) is 0 Å². The molecule has 0 unspecified atom stereocenters. The topological polar surface area (TPSA) is 38.0 Å². The van der Waals surface area contributed by atoms with Gasteiger partial charge in [0.15, 0.2) is 0 Å². The van der Waals surface area contributed by atoms with E-state index in [4.69, 9.17) is 18.0 Å². The van der Waals surface area contributed by atoms with Crippen LogP contribution >= 0.6 is 24.0 Å². The first-order chi connectivity index (χ1) is 7.65. The normalized spacial score (nSPS) is 10.1. The van der Waals surface area contributed by atoms with Gasteiger partial charge in [0.25, 0.3) is 0 Å². The van der Waals surface area contributed by atoms with Crippen molar-refractivity contribution in [3.8, 4) is 0 Å². The summed E-state index contributed by atoms with van der Waals surface area (Å²) in [5.74, 6) is 0.772. The fraction of sp³-hybridized carbons (Fsp3) is 0.364. The highest BCUT2D eigenvalue weighted by atomic mass is 32.2. The molecule has 0 radical (unpaired) electrons. The van der Waals surface area contributed by atoms with Gasteiger partial charge in [0.2, 0.25) is 0 Å². The number of anilines is 1. The van der Waals surface area contributed by atoms with Crippen LogP contribution in [0.4, 0.5) is 10.1 Å². The lowest BCUT2D eigenvalue weighted by molar-refractivity contribution is 0.627. The van der Waals surface area contributed by atoms with Crippen molar-refractivity contribution in [3.63, 3.8) is 0 Å². The van der Waals surface area contributed by atoms with Gasteiger partial charge in [-0.25, -0.2) is 4.39 Å². The van der Waals surface area contributed by atoms with Gasteiger partial charge in [0, 0.05) is 17.8 Å². The van der Waals surface area contributed by atoms with Gasteiger partial charge in [-0.05, 0) is 36.6 Å². The molecule has 1 rings (SSSR count). The Morgan fingerprint density at radius 1 is 1.56 bits per heavy atom. The molecular weight excluding hydrogens is 243 g/mol. The summed E-state index contributed by atoms with van der Waals surface area (Å²) >= 11 is 6.68. The van der Waals surface area contributed by atoms with Gasteiger partial charge in [-0.2, -0.15) is 11.8 Å². The molecule has 0 spiro atoms. The van der Waals surface area contributed by atoms with Crippen LogP contribution in [-0.4, -0.2) is 23.5 Å². The van der Waals surface area contributed by atoms with Gasteiger partial charge in [-0.1, -0.05) is 12.2 Å². The molecular formula is C11H15FN2S2. The van der Waals surface area contributed by atoms with E-state index in [0.717, 1.165) is 24.4 Å². The molecule has 16 heavy (non-hydrogen) atoms. The smallest absolute Gasteiger partial charge is 0.124 e. The summed E-state index contributed by atoms with van der Waals surface area (Å²) in [5.41, 5.74) is 6.90. The number of benzene rings is 1. The van der Waals surface area contributed by atoms with Crippen molar-refractivity contribution in [2.24, 2.45) is 5.73 Å². The van der Waals surface area contributed by atoms with Gasteiger partial charge < -0.3 is 11.1 Å². The van der Waals surface area contributed by atoms with E-state index in [1.807, 2.05) is 0 Å². The van der Waals surface area contributed by atoms with Crippen LogP contribution in [0.15, 0.2) is 18.2 Å². The third-order valence-corrected chi connectivity index (χ3v) is 3.00. The molecule has 0 saturated carbocycles. The molecule has 0 heterocycles. The Bertz CT molecular complexity index is 369. The predicted molar refractivity (Wildman–Crippen MR) is 73.8 cm³/mol. The number of hydrogen-bond donors (Lipinski definition) is 2. The molecule has 0 aliphatic rings. The van der Waals surface area contributed by atoms with Gasteiger partial charge in [-0.15, -0.1) is 0 Å². The third-order valence-electron chi connectivity index (χ3n) is 2.09. The van der Waals surface area contributed by atoms with Gasteiger partial charge >= 0.3 is 0 Å². The Labute approximate surface area is 105 Å². The summed E-state index contributed by atoms with van der Waals surface area (Å²) in [5, 5.41) is 3.21. The minimum absolute atomic E-state index is 0.215. The zero-order valence-corrected chi connectivity index (χ0v) is 10.8. The van der Waals surface area contributed by atoms with Crippen molar-refractivity contribution < 1.29 is 4.39 Å². The third kappa shape index (κ3) is 3.98. The largest absolute Gasteiger partial charge is 0.389 e. The number of thiocarbonyl (C=S) groups is 1. The number of rotatable bonds is 6. The molecule has 0 aromatic heterocycles. The lowest BCUT2D eigenvalue weighted by Gasteiger charge is -2.10. The second-order valence-corrected chi connectivity index (χ2v) is 4.75. The molecule has 0 aliphatic carbocycles. The lowest BCUT2D eigenvalue weighted by atomic mass is 10.1. The first kappa shape index (κ1) is 13.3. The van der Waals surface area contributed by atoms with E-state index in [2.05, 4.69) is 11.6 Å². The van der Waals surface area contributed by atoms with E-state index in [0.29, 0.717) is 5.56 Å². The number of hydrogen-bond acceptors (Lipinski definition) is 3. The van der Waals surface area contributed by atoms with Crippen molar-refractivity contribution in [1.29, 1.82) is 0 Å². The zero-order chi connectivity index (χ0) is 12.0. The fourth-order valence-electron chi connectivity index (χ4n) is 1.31. The molecule has 88 valence electrons. The second kappa shape index (κ2) is 6.70. The zero-order valence-electron chi connectivity index (χ0n) is 9.13. The summed E-state index contributed by atoms with van der Waals surface area (Å²) in [6.07, 6.45) is 3.12. The average Bonchev–Trinajstić information content (AvgIpc) is 2.26. The first-order valence-electron chi connectivity index (χ1n) is 4.97. The van der Waals surface area contributed by atoms with Crippen LogP contribution in [0.25, 0.3) is 0 Å². The summed E-state index contributed by atoms with van der Waals surface area (Å²) in [6, 6.07) is 4.43. The van der Waals surface area contributed by atoms with Gasteiger partial charge in [0.1, 0.15) is 10.8 Å². The lowest BCUT2D eigenvalue weighted by Crippen LogP contribution is -2.14. The minimum atomic E-state index is -0.322. The van der Waals surface area contributed by atoms with Crippen molar-refractivity contribution in [3.05, 3.63) is 29.6 Å². The maximum atomic E-state index is 13.0. The Morgan fingerprint density at radius 2 is 2.31 bits per heavy atom. The number of thioether (sulfide) groups is 1. The molecule has 0 amide bonds. The van der Waals surface area contributed by atoms with E-state index in [-0.39, 0.29) is 10.8 Å². The Kier molecular flexibility index (Phi) is 5.55. The highest BCUT2D eigenvalue weighted by Gasteiger charge is 2.05. The number of nitrogens with two attached hydrogens (primary N) is 1. The maximum absolute atomic E-state index is 13.0. The Morgan fingerprint density at radius 3 is 2.94 bits per heavy atom. The van der Waals surface area contributed by atoms with E-state index in [1.165, 1.54) is 12.1 Å². The number of halogens is 1. The molecule has 0 bridgehead atoms. The predicted octanol–water partition coefficient (Wildman–Crippen LogP) is 2.62. The SMILES string of the molecule is CSCCCNc1ccc(F)cc1C(N)=S. The molecule has 0 atom stereocenters.